The number of methoxy groups -OCH3 is 2. The molecule has 2 rings (SSSR count). The van der Waals surface area contributed by atoms with E-state index in [4.69, 9.17) is 13.9 Å². The fourth-order valence-electron chi connectivity index (χ4n) is 1.90. The molecule has 102 valence electrons. The molecule has 1 unspecified atom stereocenters. The molecule has 0 saturated heterocycles. The zero-order chi connectivity index (χ0) is 13.7. The van der Waals surface area contributed by atoms with Crippen LogP contribution in [0.5, 0.6) is 11.5 Å². The maximum atomic E-state index is 5.36. The molecule has 0 saturated carbocycles. The molecule has 4 heteroatoms. The molecule has 0 bridgehead atoms. The molecule has 0 amide bonds. The molecule has 1 atom stereocenters. The highest BCUT2D eigenvalue weighted by molar-refractivity contribution is 5.42. The van der Waals surface area contributed by atoms with E-state index in [0.29, 0.717) is 0 Å². The molecular weight excluding hydrogens is 242 g/mol. The van der Waals surface area contributed by atoms with Gasteiger partial charge in [0.15, 0.2) is 11.5 Å². The number of furan rings is 1. The van der Waals surface area contributed by atoms with Crippen LogP contribution in [-0.2, 0) is 6.54 Å². The summed E-state index contributed by atoms with van der Waals surface area (Å²) < 4.78 is 15.9. The second-order valence-electron chi connectivity index (χ2n) is 4.31. The van der Waals surface area contributed by atoms with E-state index in [2.05, 4.69) is 12.2 Å². The largest absolute Gasteiger partial charge is 0.493 e. The van der Waals surface area contributed by atoms with Crippen molar-refractivity contribution in [3.8, 4) is 11.5 Å². The summed E-state index contributed by atoms with van der Waals surface area (Å²) in [6.45, 7) is 2.81. The Morgan fingerprint density at radius 1 is 1.16 bits per heavy atom. The van der Waals surface area contributed by atoms with Gasteiger partial charge in [0.2, 0.25) is 0 Å². The average molecular weight is 261 g/mol. The third-order valence-electron chi connectivity index (χ3n) is 3.03. The van der Waals surface area contributed by atoms with Crippen LogP contribution in [0, 0.1) is 0 Å². The summed E-state index contributed by atoms with van der Waals surface area (Å²) in [7, 11) is 3.27. The summed E-state index contributed by atoms with van der Waals surface area (Å²) in [6, 6.07) is 9.93. The van der Waals surface area contributed by atoms with E-state index in [1.165, 1.54) is 0 Å². The van der Waals surface area contributed by atoms with E-state index in [0.717, 1.165) is 29.4 Å². The van der Waals surface area contributed by atoms with Gasteiger partial charge in [-0.25, -0.2) is 0 Å². The van der Waals surface area contributed by atoms with Crippen molar-refractivity contribution in [1.29, 1.82) is 0 Å². The maximum absolute atomic E-state index is 5.36. The van der Waals surface area contributed by atoms with Crippen LogP contribution in [0.4, 0.5) is 0 Å². The van der Waals surface area contributed by atoms with Gasteiger partial charge in [0, 0.05) is 6.54 Å². The van der Waals surface area contributed by atoms with E-state index in [-0.39, 0.29) is 6.04 Å². The van der Waals surface area contributed by atoms with Crippen LogP contribution in [0.2, 0.25) is 0 Å². The molecule has 1 N–H and O–H groups in total. The van der Waals surface area contributed by atoms with Gasteiger partial charge in [-0.05, 0) is 36.8 Å². The van der Waals surface area contributed by atoms with Crippen molar-refractivity contribution >= 4 is 0 Å². The predicted octanol–water partition coefficient (Wildman–Crippen LogP) is 3.15. The highest BCUT2D eigenvalue weighted by Gasteiger charge is 2.09. The Balaban J connectivity index is 1.99. The minimum atomic E-state index is 0.170. The van der Waals surface area contributed by atoms with Crippen LogP contribution in [0.15, 0.2) is 41.0 Å². The van der Waals surface area contributed by atoms with E-state index in [1.807, 2.05) is 30.3 Å². The lowest BCUT2D eigenvalue weighted by Gasteiger charge is -2.13. The second kappa shape index (κ2) is 6.29. The third kappa shape index (κ3) is 3.29. The van der Waals surface area contributed by atoms with Crippen LogP contribution in [0.25, 0.3) is 0 Å². The predicted molar refractivity (Wildman–Crippen MR) is 73.5 cm³/mol. The molecular formula is C15H19NO3. The van der Waals surface area contributed by atoms with E-state index in [9.17, 15) is 0 Å². The standard InChI is InChI=1S/C15H19NO3/c1-11(13-5-4-8-19-13)16-10-12-6-7-14(17-2)15(9-12)18-3/h4-9,11,16H,10H2,1-3H3. The molecule has 19 heavy (non-hydrogen) atoms. The highest BCUT2D eigenvalue weighted by Crippen LogP contribution is 2.27. The number of hydrogen-bond donors (Lipinski definition) is 1. The monoisotopic (exact) mass is 261 g/mol. The molecule has 4 nitrogen and oxygen atoms in total. The topological polar surface area (TPSA) is 43.6 Å². The second-order valence-corrected chi connectivity index (χ2v) is 4.31. The number of ether oxygens (including phenoxy) is 2. The first-order valence-electron chi connectivity index (χ1n) is 6.22. The Morgan fingerprint density at radius 3 is 2.58 bits per heavy atom. The van der Waals surface area contributed by atoms with Gasteiger partial charge in [0.05, 0.1) is 26.5 Å². The van der Waals surface area contributed by atoms with Crippen LogP contribution < -0.4 is 14.8 Å². The van der Waals surface area contributed by atoms with Crippen LogP contribution in [0.3, 0.4) is 0 Å². The quantitative estimate of drug-likeness (QED) is 0.867. The zero-order valence-corrected chi connectivity index (χ0v) is 11.5. The van der Waals surface area contributed by atoms with Gasteiger partial charge < -0.3 is 19.2 Å². The number of rotatable bonds is 6. The van der Waals surface area contributed by atoms with Crippen LogP contribution in [-0.4, -0.2) is 14.2 Å². The van der Waals surface area contributed by atoms with E-state index in [1.54, 1.807) is 20.5 Å². The summed E-state index contributed by atoms with van der Waals surface area (Å²) >= 11 is 0. The molecule has 0 radical (unpaired) electrons. The van der Waals surface area contributed by atoms with Gasteiger partial charge in [0.25, 0.3) is 0 Å². The lowest BCUT2D eigenvalue weighted by Crippen LogP contribution is -2.17. The molecule has 0 aliphatic carbocycles. The van der Waals surface area contributed by atoms with Crippen molar-refractivity contribution < 1.29 is 13.9 Å². The molecule has 0 fully saturated rings. The van der Waals surface area contributed by atoms with Gasteiger partial charge in [-0.15, -0.1) is 0 Å². The Labute approximate surface area is 113 Å². The minimum Gasteiger partial charge on any atom is -0.493 e. The molecule has 0 spiro atoms. The van der Waals surface area contributed by atoms with Crippen molar-refractivity contribution in [3.05, 3.63) is 47.9 Å². The smallest absolute Gasteiger partial charge is 0.161 e. The van der Waals surface area contributed by atoms with Crippen molar-refractivity contribution in [1.82, 2.24) is 5.32 Å². The molecule has 0 aliphatic rings. The van der Waals surface area contributed by atoms with Gasteiger partial charge in [-0.3, -0.25) is 0 Å². The summed E-state index contributed by atoms with van der Waals surface area (Å²) in [5, 5.41) is 3.40. The highest BCUT2D eigenvalue weighted by atomic mass is 16.5. The lowest BCUT2D eigenvalue weighted by atomic mass is 10.1. The first-order chi connectivity index (χ1) is 9.24. The van der Waals surface area contributed by atoms with E-state index < -0.39 is 0 Å². The number of benzene rings is 1. The fourth-order valence-corrected chi connectivity index (χ4v) is 1.90. The van der Waals surface area contributed by atoms with Crippen molar-refractivity contribution in [2.45, 2.75) is 19.5 Å². The van der Waals surface area contributed by atoms with Crippen molar-refractivity contribution in [2.75, 3.05) is 14.2 Å². The molecule has 0 aliphatic heterocycles. The Hall–Kier alpha value is -1.94. The Bertz CT molecular complexity index is 508. The summed E-state index contributed by atoms with van der Waals surface area (Å²) in [4.78, 5) is 0. The first-order valence-corrected chi connectivity index (χ1v) is 6.22. The first kappa shape index (κ1) is 13.5. The summed E-state index contributed by atoms with van der Waals surface area (Å²) in [5.41, 5.74) is 1.14. The molecule has 1 heterocycles. The molecule has 1 aromatic heterocycles. The lowest BCUT2D eigenvalue weighted by molar-refractivity contribution is 0.354. The SMILES string of the molecule is COc1ccc(CNC(C)c2ccco2)cc1OC. The Morgan fingerprint density at radius 2 is 1.95 bits per heavy atom. The van der Waals surface area contributed by atoms with Crippen LogP contribution in [0.1, 0.15) is 24.3 Å². The normalized spacial score (nSPS) is 12.2. The van der Waals surface area contributed by atoms with Crippen molar-refractivity contribution in [3.63, 3.8) is 0 Å². The Kier molecular flexibility index (Phi) is 4.47. The van der Waals surface area contributed by atoms with Gasteiger partial charge in [0.1, 0.15) is 5.76 Å². The van der Waals surface area contributed by atoms with E-state index >= 15 is 0 Å². The van der Waals surface area contributed by atoms with Crippen LogP contribution >= 0.6 is 0 Å². The van der Waals surface area contributed by atoms with Gasteiger partial charge in [-0.1, -0.05) is 6.07 Å². The number of nitrogens with one attached hydrogen (secondary N) is 1. The molecule has 2 aromatic rings. The van der Waals surface area contributed by atoms with Crippen molar-refractivity contribution in [2.24, 2.45) is 0 Å². The summed E-state index contributed by atoms with van der Waals surface area (Å²) in [5.74, 6) is 2.42. The maximum Gasteiger partial charge on any atom is 0.161 e. The average Bonchev–Trinajstić information content (AvgIpc) is 2.98. The van der Waals surface area contributed by atoms with Gasteiger partial charge in [-0.2, -0.15) is 0 Å². The third-order valence-corrected chi connectivity index (χ3v) is 3.03. The molecule has 1 aromatic carbocycles. The number of hydrogen-bond acceptors (Lipinski definition) is 4. The fraction of sp³-hybridized carbons (Fsp3) is 0.333. The summed E-state index contributed by atoms with van der Waals surface area (Å²) in [6.07, 6.45) is 1.68. The van der Waals surface area contributed by atoms with Gasteiger partial charge >= 0.3 is 0 Å². The minimum absolute atomic E-state index is 0.170. The zero-order valence-electron chi connectivity index (χ0n) is 11.5.